The summed E-state index contributed by atoms with van der Waals surface area (Å²) in [7, 11) is 18.1. The summed E-state index contributed by atoms with van der Waals surface area (Å²) in [6.45, 7) is 0. The van der Waals surface area contributed by atoms with Crippen molar-refractivity contribution < 1.29 is 0 Å². The molecule has 0 aliphatic rings. The third kappa shape index (κ3) is 10.0. The third-order valence-corrected chi connectivity index (χ3v) is 21.3. The Bertz CT molecular complexity index is 446. The third-order valence-electron chi connectivity index (χ3n) is 1.94. The minimum absolute atomic E-state index is 1.30. The van der Waals surface area contributed by atoms with Gasteiger partial charge in [0.1, 0.15) is 0 Å². The lowest BCUT2D eigenvalue weighted by Gasteiger charge is -2.00. The Kier molecular flexibility index (Phi) is 13.0. The Labute approximate surface area is 168 Å². The van der Waals surface area contributed by atoms with Crippen LogP contribution < -0.4 is 0 Å². The van der Waals surface area contributed by atoms with Gasteiger partial charge in [-0.15, -0.1) is 0 Å². The number of hydrogen-bond donors (Lipinski definition) is 0. The van der Waals surface area contributed by atoms with E-state index in [-0.39, 0.29) is 0 Å². The molecule has 22 heavy (non-hydrogen) atoms. The summed E-state index contributed by atoms with van der Waals surface area (Å²) in [5.74, 6) is 0. The summed E-state index contributed by atoms with van der Waals surface area (Å²) in [5, 5.41) is 0. The van der Waals surface area contributed by atoms with Gasteiger partial charge in [0.25, 0.3) is 0 Å². The van der Waals surface area contributed by atoms with Crippen molar-refractivity contribution in [2.24, 2.45) is 0 Å². The molecular weight excluding hydrogens is 465 g/mol. The summed E-state index contributed by atoms with van der Waals surface area (Å²) >= 11 is 0. The molecule has 0 N–H and O–H groups in total. The van der Waals surface area contributed by atoms with E-state index in [0.29, 0.717) is 0 Å². The second-order valence-electron chi connectivity index (χ2n) is 3.34. The Balaban J connectivity index is 1.37. The largest absolute Gasteiger partial charge is 0.0622 e. The van der Waals surface area contributed by atoms with Gasteiger partial charge in [0.15, 0.2) is 0 Å². The van der Waals surface area contributed by atoms with Crippen molar-refractivity contribution >= 4 is 100 Å². The summed E-state index contributed by atoms with van der Waals surface area (Å²) in [5.41, 5.74) is 0. The first-order chi connectivity index (χ1) is 10.9. The first-order valence-corrected chi connectivity index (χ1v) is 18.5. The van der Waals surface area contributed by atoms with E-state index in [1.165, 1.54) is 9.79 Å². The highest BCUT2D eigenvalue weighted by Crippen LogP contribution is 2.60. The first kappa shape index (κ1) is 20.3. The maximum atomic E-state index is 2.14. The number of benzene rings is 2. The average Bonchev–Trinajstić information content (AvgIpc) is 2.58. The Morgan fingerprint density at radius 2 is 0.682 bits per heavy atom. The molecule has 0 nitrogen and oxygen atoms in total. The lowest BCUT2D eigenvalue weighted by Crippen LogP contribution is -1.61. The van der Waals surface area contributed by atoms with Crippen LogP contribution in [0.15, 0.2) is 70.5 Å². The average molecular weight is 475 g/mol. The van der Waals surface area contributed by atoms with Gasteiger partial charge in [0.05, 0.1) is 0 Å². The molecule has 0 aliphatic heterocycles. The van der Waals surface area contributed by atoms with Gasteiger partial charge in [-0.2, -0.15) is 0 Å². The molecule has 0 aromatic heterocycles. The zero-order valence-corrected chi connectivity index (χ0v) is 19.0. The molecule has 0 spiro atoms. The van der Waals surface area contributed by atoms with Crippen molar-refractivity contribution in [2.75, 3.05) is 0 Å². The Morgan fingerprint density at radius 1 is 0.364 bits per heavy atom. The van der Waals surface area contributed by atoms with E-state index in [0.717, 1.165) is 0 Å². The maximum Gasteiger partial charge on any atom is 0.0191 e. The summed E-state index contributed by atoms with van der Waals surface area (Å²) in [4.78, 5) is 2.61. The van der Waals surface area contributed by atoms with Gasteiger partial charge in [-0.25, -0.2) is 0 Å². The van der Waals surface area contributed by atoms with Crippen LogP contribution in [0.3, 0.4) is 0 Å². The van der Waals surface area contributed by atoms with Crippen LogP contribution in [0.4, 0.5) is 0 Å². The second kappa shape index (κ2) is 14.1. The minimum Gasteiger partial charge on any atom is -0.0622 e. The summed E-state index contributed by atoms with van der Waals surface area (Å²) in [6.07, 6.45) is 0. The molecule has 2 rings (SSSR count). The van der Waals surface area contributed by atoms with Crippen LogP contribution in [0.25, 0.3) is 0 Å². The summed E-state index contributed by atoms with van der Waals surface area (Å²) in [6, 6.07) is 20.9. The van der Waals surface area contributed by atoms with Crippen molar-refractivity contribution in [3.63, 3.8) is 0 Å². The van der Waals surface area contributed by atoms with Crippen LogP contribution in [0.5, 0.6) is 0 Å². The molecule has 0 amide bonds. The fraction of sp³-hybridized carbons (Fsp3) is 0. The molecule has 0 atom stereocenters. The predicted octanol–water partition coefficient (Wildman–Crippen LogP) is 9.67. The molecule has 0 aliphatic carbocycles. The van der Waals surface area contributed by atoms with Crippen molar-refractivity contribution in [2.45, 2.75) is 9.79 Å². The van der Waals surface area contributed by atoms with E-state index >= 15 is 0 Å². The van der Waals surface area contributed by atoms with Gasteiger partial charge in [0.2, 0.25) is 0 Å². The van der Waals surface area contributed by atoms with Crippen LogP contribution in [-0.4, -0.2) is 0 Å². The zero-order valence-electron chi connectivity index (χ0n) is 10.9. The molecule has 0 unspecified atom stereocenters. The van der Waals surface area contributed by atoms with E-state index in [4.69, 9.17) is 0 Å². The monoisotopic (exact) mass is 474 g/mol. The van der Waals surface area contributed by atoms with Gasteiger partial charge in [-0.05, 0) is 124 Å². The van der Waals surface area contributed by atoms with Gasteiger partial charge < -0.3 is 0 Å². The van der Waals surface area contributed by atoms with E-state index < -0.39 is 0 Å². The van der Waals surface area contributed by atoms with Crippen molar-refractivity contribution in [1.29, 1.82) is 0 Å². The second-order valence-corrected chi connectivity index (χ2v) is 19.8. The molecule has 0 radical (unpaired) electrons. The maximum absolute atomic E-state index is 2.14. The quantitative estimate of drug-likeness (QED) is 0.227. The molecule has 118 valence electrons. The molecule has 0 saturated carbocycles. The van der Waals surface area contributed by atoms with E-state index in [1.54, 1.807) is 21.6 Å². The van der Waals surface area contributed by atoms with Crippen LogP contribution >= 0.6 is 100 Å². The van der Waals surface area contributed by atoms with Crippen LogP contribution in [-0.2, 0) is 0 Å². The van der Waals surface area contributed by atoms with Gasteiger partial charge >= 0.3 is 0 Å². The Morgan fingerprint density at radius 3 is 1.05 bits per heavy atom. The minimum atomic E-state index is 1.30. The fourth-order valence-electron chi connectivity index (χ4n) is 1.13. The SMILES string of the molecule is c1ccc(SSSSSSSSSSc2ccccc2)cc1. The molecule has 10 heteroatoms. The van der Waals surface area contributed by atoms with Crippen LogP contribution in [0, 0.1) is 0 Å². The standard InChI is InChI=1S/C12H10S10/c1-3-7-11(8-4-1)13-15-17-19-21-22-20-18-16-14-12-9-5-2-6-10-12/h1-10H. The Hall–Kier alpha value is 1.94. The van der Waals surface area contributed by atoms with Crippen molar-refractivity contribution in [3.05, 3.63) is 60.7 Å². The number of hydrogen-bond acceptors (Lipinski definition) is 10. The van der Waals surface area contributed by atoms with Crippen LogP contribution in [0.1, 0.15) is 0 Å². The molecule has 0 heterocycles. The van der Waals surface area contributed by atoms with Gasteiger partial charge in [-0.1, -0.05) is 36.4 Å². The highest BCUT2D eigenvalue weighted by molar-refractivity contribution is 9.52. The highest BCUT2D eigenvalue weighted by Gasteiger charge is 1.99. The number of rotatable bonds is 11. The lowest BCUT2D eigenvalue weighted by molar-refractivity contribution is 1.48. The van der Waals surface area contributed by atoms with Crippen molar-refractivity contribution in [1.82, 2.24) is 0 Å². The van der Waals surface area contributed by atoms with Gasteiger partial charge in [-0.3, -0.25) is 0 Å². The fourth-order valence-corrected chi connectivity index (χ4v) is 23.1. The van der Waals surface area contributed by atoms with Crippen molar-refractivity contribution in [3.8, 4) is 0 Å². The zero-order chi connectivity index (χ0) is 15.3. The first-order valence-electron chi connectivity index (χ1n) is 5.73. The molecule has 0 fully saturated rings. The smallest absolute Gasteiger partial charge is 0.0191 e. The molecule has 2 aromatic carbocycles. The lowest BCUT2D eigenvalue weighted by atomic mass is 10.4. The van der Waals surface area contributed by atoms with E-state index in [9.17, 15) is 0 Å². The van der Waals surface area contributed by atoms with E-state index in [2.05, 4.69) is 48.5 Å². The summed E-state index contributed by atoms with van der Waals surface area (Å²) < 4.78 is 0. The van der Waals surface area contributed by atoms with E-state index in [1.807, 2.05) is 90.7 Å². The predicted molar refractivity (Wildman–Crippen MR) is 125 cm³/mol. The highest BCUT2D eigenvalue weighted by atomic mass is 34.0. The van der Waals surface area contributed by atoms with Gasteiger partial charge in [0, 0.05) is 9.79 Å². The molecule has 0 saturated heterocycles. The topological polar surface area (TPSA) is 0 Å². The normalized spacial score (nSPS) is 10.7. The molecule has 0 bridgehead atoms. The molecule has 2 aromatic rings. The van der Waals surface area contributed by atoms with Crippen LogP contribution in [0.2, 0.25) is 0 Å². The molecular formula is C12H10S10.